The van der Waals surface area contributed by atoms with Gasteiger partial charge in [-0.3, -0.25) is 0 Å². The lowest BCUT2D eigenvalue weighted by Gasteiger charge is -2.16. The Labute approximate surface area is 89.4 Å². The van der Waals surface area contributed by atoms with E-state index in [1.54, 1.807) is 0 Å². The molecule has 1 aromatic carbocycles. The van der Waals surface area contributed by atoms with E-state index in [0.29, 0.717) is 5.92 Å². The SMILES string of the molecule is C.Cc1cc(C(C)C)c(C)c(C)c1C. The van der Waals surface area contributed by atoms with Gasteiger partial charge in [0.1, 0.15) is 0 Å². The Hall–Kier alpha value is -0.780. The molecule has 0 aliphatic heterocycles. The summed E-state index contributed by atoms with van der Waals surface area (Å²) >= 11 is 0. The number of hydrogen-bond donors (Lipinski definition) is 0. The quantitative estimate of drug-likeness (QED) is 0.606. The van der Waals surface area contributed by atoms with Crippen LogP contribution in [0.3, 0.4) is 0 Å². The molecule has 0 aromatic heterocycles. The second-order valence-electron chi connectivity index (χ2n) is 4.31. The van der Waals surface area contributed by atoms with E-state index in [1.165, 1.54) is 27.8 Å². The van der Waals surface area contributed by atoms with Crippen molar-refractivity contribution in [2.75, 3.05) is 0 Å². The summed E-state index contributed by atoms with van der Waals surface area (Å²) in [6.07, 6.45) is 0. The average Bonchev–Trinajstić information content (AvgIpc) is 2.07. The fourth-order valence-corrected chi connectivity index (χ4v) is 1.84. The molecule has 0 aliphatic rings. The number of rotatable bonds is 1. The molecule has 0 heteroatoms. The summed E-state index contributed by atoms with van der Waals surface area (Å²) in [6, 6.07) is 2.34. The molecule has 0 fully saturated rings. The fraction of sp³-hybridized carbons (Fsp3) is 0.571. The van der Waals surface area contributed by atoms with Gasteiger partial charge < -0.3 is 0 Å². The number of aryl methyl sites for hydroxylation is 1. The van der Waals surface area contributed by atoms with Gasteiger partial charge in [0.2, 0.25) is 0 Å². The Bertz CT molecular complexity index is 319. The van der Waals surface area contributed by atoms with Crippen molar-refractivity contribution in [1.82, 2.24) is 0 Å². The Morgan fingerprint density at radius 3 is 1.79 bits per heavy atom. The number of benzene rings is 1. The monoisotopic (exact) mass is 192 g/mol. The molecule has 0 heterocycles. The Morgan fingerprint density at radius 2 is 1.36 bits per heavy atom. The van der Waals surface area contributed by atoms with Crippen LogP contribution < -0.4 is 0 Å². The molecule has 14 heavy (non-hydrogen) atoms. The van der Waals surface area contributed by atoms with Crippen molar-refractivity contribution in [3.05, 3.63) is 33.9 Å². The highest BCUT2D eigenvalue weighted by molar-refractivity contribution is 5.44. The molecule has 0 bridgehead atoms. The smallest absolute Gasteiger partial charge is 0.0216 e. The van der Waals surface area contributed by atoms with Gasteiger partial charge in [-0.1, -0.05) is 27.3 Å². The van der Waals surface area contributed by atoms with Gasteiger partial charge in [-0.25, -0.2) is 0 Å². The highest BCUT2D eigenvalue weighted by atomic mass is 14.1. The van der Waals surface area contributed by atoms with E-state index in [2.05, 4.69) is 47.6 Å². The highest BCUT2D eigenvalue weighted by Crippen LogP contribution is 2.26. The molecule has 0 atom stereocenters. The maximum atomic E-state index is 2.34. The normalized spacial score (nSPS) is 10.2. The fourth-order valence-electron chi connectivity index (χ4n) is 1.84. The molecule has 80 valence electrons. The van der Waals surface area contributed by atoms with Gasteiger partial charge >= 0.3 is 0 Å². The van der Waals surface area contributed by atoms with E-state index in [0.717, 1.165) is 0 Å². The van der Waals surface area contributed by atoms with Gasteiger partial charge in [-0.2, -0.15) is 0 Å². The maximum Gasteiger partial charge on any atom is -0.0216 e. The lowest BCUT2D eigenvalue weighted by molar-refractivity contribution is 0.849. The van der Waals surface area contributed by atoms with E-state index < -0.39 is 0 Å². The molecular weight excluding hydrogens is 168 g/mol. The van der Waals surface area contributed by atoms with Crippen molar-refractivity contribution in [2.24, 2.45) is 0 Å². The zero-order chi connectivity index (χ0) is 10.2. The molecule has 0 N–H and O–H groups in total. The summed E-state index contributed by atoms with van der Waals surface area (Å²) in [5.41, 5.74) is 7.30. The molecule has 0 nitrogen and oxygen atoms in total. The van der Waals surface area contributed by atoms with Crippen LogP contribution in [-0.4, -0.2) is 0 Å². The van der Waals surface area contributed by atoms with Gasteiger partial charge in [-0.15, -0.1) is 0 Å². The molecule has 0 aliphatic carbocycles. The van der Waals surface area contributed by atoms with E-state index in [4.69, 9.17) is 0 Å². The van der Waals surface area contributed by atoms with E-state index >= 15 is 0 Å². The van der Waals surface area contributed by atoms with Crippen molar-refractivity contribution in [3.63, 3.8) is 0 Å². The molecule has 1 rings (SSSR count). The topological polar surface area (TPSA) is 0 Å². The zero-order valence-electron chi connectivity index (χ0n) is 9.65. The van der Waals surface area contributed by atoms with Crippen LogP contribution in [0.4, 0.5) is 0 Å². The minimum Gasteiger partial charge on any atom is -0.0776 e. The molecule has 0 radical (unpaired) electrons. The van der Waals surface area contributed by atoms with Crippen LogP contribution in [0.1, 0.15) is 55.0 Å². The lowest BCUT2D eigenvalue weighted by Crippen LogP contribution is -1.99. The Morgan fingerprint density at radius 1 is 0.857 bits per heavy atom. The van der Waals surface area contributed by atoms with Gasteiger partial charge in [-0.05, 0) is 61.4 Å². The summed E-state index contributed by atoms with van der Waals surface area (Å²) in [5.74, 6) is 0.637. The van der Waals surface area contributed by atoms with Crippen LogP contribution in [-0.2, 0) is 0 Å². The summed E-state index contributed by atoms with van der Waals surface area (Å²) in [6.45, 7) is 13.4. The Kier molecular flexibility index (Phi) is 4.38. The molecule has 0 unspecified atom stereocenters. The molecule has 0 spiro atoms. The third-order valence-corrected chi connectivity index (χ3v) is 3.14. The van der Waals surface area contributed by atoms with E-state index in [9.17, 15) is 0 Å². The Balaban J connectivity index is 0.00000169. The first-order chi connectivity index (χ1) is 5.95. The second-order valence-corrected chi connectivity index (χ2v) is 4.31. The molecule has 0 saturated heterocycles. The highest BCUT2D eigenvalue weighted by Gasteiger charge is 2.08. The third kappa shape index (κ3) is 2.17. The standard InChI is InChI=1S/C13H20.CH4/c1-8(2)13-7-9(3)10(4)11(5)12(13)6;/h7-8H,1-6H3;1H4. The summed E-state index contributed by atoms with van der Waals surface area (Å²) < 4.78 is 0. The first-order valence-electron chi connectivity index (χ1n) is 5.02. The maximum absolute atomic E-state index is 2.34. The first-order valence-corrected chi connectivity index (χ1v) is 5.02. The van der Waals surface area contributed by atoms with Crippen molar-refractivity contribution in [2.45, 2.75) is 54.9 Å². The average molecular weight is 192 g/mol. The summed E-state index contributed by atoms with van der Waals surface area (Å²) in [5, 5.41) is 0. The first kappa shape index (κ1) is 13.2. The van der Waals surface area contributed by atoms with E-state index in [-0.39, 0.29) is 7.43 Å². The van der Waals surface area contributed by atoms with Crippen LogP contribution in [0.25, 0.3) is 0 Å². The van der Waals surface area contributed by atoms with Gasteiger partial charge in [0.15, 0.2) is 0 Å². The van der Waals surface area contributed by atoms with E-state index in [1.807, 2.05) is 0 Å². The van der Waals surface area contributed by atoms with Crippen molar-refractivity contribution in [3.8, 4) is 0 Å². The minimum absolute atomic E-state index is 0. The number of hydrogen-bond acceptors (Lipinski definition) is 0. The predicted octanol–water partition coefficient (Wildman–Crippen LogP) is 4.68. The minimum atomic E-state index is 0. The summed E-state index contributed by atoms with van der Waals surface area (Å²) in [4.78, 5) is 0. The van der Waals surface area contributed by atoms with Crippen LogP contribution in [0, 0.1) is 27.7 Å². The van der Waals surface area contributed by atoms with Crippen LogP contribution in [0.2, 0.25) is 0 Å². The zero-order valence-corrected chi connectivity index (χ0v) is 9.65. The molecular formula is C14H24. The van der Waals surface area contributed by atoms with Crippen molar-refractivity contribution < 1.29 is 0 Å². The van der Waals surface area contributed by atoms with Gasteiger partial charge in [0.05, 0.1) is 0 Å². The van der Waals surface area contributed by atoms with Crippen molar-refractivity contribution >= 4 is 0 Å². The predicted molar refractivity (Wildman–Crippen MR) is 66.2 cm³/mol. The van der Waals surface area contributed by atoms with Crippen LogP contribution in [0.5, 0.6) is 0 Å². The third-order valence-electron chi connectivity index (χ3n) is 3.14. The largest absolute Gasteiger partial charge is 0.0776 e. The molecule has 1 aromatic rings. The van der Waals surface area contributed by atoms with Gasteiger partial charge in [0.25, 0.3) is 0 Å². The van der Waals surface area contributed by atoms with Gasteiger partial charge in [0, 0.05) is 0 Å². The summed E-state index contributed by atoms with van der Waals surface area (Å²) in [7, 11) is 0. The molecule has 0 amide bonds. The van der Waals surface area contributed by atoms with Crippen LogP contribution >= 0.6 is 0 Å². The van der Waals surface area contributed by atoms with Crippen molar-refractivity contribution in [1.29, 1.82) is 0 Å². The lowest BCUT2D eigenvalue weighted by atomic mass is 9.89. The second kappa shape index (κ2) is 4.63. The van der Waals surface area contributed by atoms with Crippen LogP contribution in [0.15, 0.2) is 6.07 Å². The molecule has 0 saturated carbocycles.